The predicted octanol–water partition coefficient (Wildman–Crippen LogP) is 0.516. The molecule has 238 valence electrons. The van der Waals surface area contributed by atoms with Gasteiger partial charge in [-0.3, -0.25) is 4.79 Å². The van der Waals surface area contributed by atoms with Crippen molar-refractivity contribution >= 4 is 23.8 Å². The van der Waals surface area contributed by atoms with Crippen molar-refractivity contribution in [3.63, 3.8) is 0 Å². The zero-order chi connectivity index (χ0) is 31.6. The lowest BCUT2D eigenvalue weighted by molar-refractivity contribution is -0.179. The Kier molecular flexibility index (Phi) is 10.2. The standard InChI is InChI=1S/C26H34F3N5O8S/c1-4-32(2)23(38)22(26(40)5-7-33(8-6-26)25(39)41-3)43-24-21(37)19(20(36)17(12-35)42-24)34-11-16(30-31-34)13-9-14(27)18(29)15(28)10-13/h9-11,17,19-22,24,35-37,40H,4-8,12H2,1-3H3/t17-,19+,20+,21-,22?,24+/m1/s1. The topological polar surface area (TPSA) is 171 Å². The molecule has 2 amide bonds. The summed E-state index contributed by atoms with van der Waals surface area (Å²) >= 11 is 0.802. The summed E-state index contributed by atoms with van der Waals surface area (Å²) in [5.41, 5.74) is -3.17. The van der Waals surface area contributed by atoms with Crippen LogP contribution in [0.4, 0.5) is 18.0 Å². The SMILES string of the molecule is CCN(C)C(=O)C(S[C@@H]1O[C@H](CO)[C@H](O)[C@H](n2cc(-c3cc(F)c(F)c(F)c3)nn2)[C@H]1O)C1(O)CCN(C(=O)OC)CC1. The van der Waals surface area contributed by atoms with E-state index in [4.69, 9.17) is 9.47 Å². The molecule has 1 aromatic heterocycles. The number of amides is 2. The first-order valence-electron chi connectivity index (χ1n) is 13.5. The lowest BCUT2D eigenvalue weighted by atomic mass is 9.87. The first-order valence-corrected chi connectivity index (χ1v) is 14.4. The molecule has 0 saturated carbocycles. The van der Waals surface area contributed by atoms with Gasteiger partial charge >= 0.3 is 6.09 Å². The highest BCUT2D eigenvalue weighted by Gasteiger charge is 2.52. The third-order valence-corrected chi connectivity index (χ3v) is 9.41. The van der Waals surface area contributed by atoms with E-state index in [0.29, 0.717) is 18.7 Å². The normalized spacial score (nSPS) is 26.2. The highest BCUT2D eigenvalue weighted by Crippen LogP contribution is 2.42. The summed E-state index contributed by atoms with van der Waals surface area (Å²) in [6, 6.07) is 0.104. The highest BCUT2D eigenvalue weighted by atomic mass is 32.2. The van der Waals surface area contributed by atoms with E-state index < -0.39 is 76.7 Å². The van der Waals surface area contributed by atoms with Crippen molar-refractivity contribution in [3.8, 4) is 11.3 Å². The number of carbonyl (C=O) groups excluding carboxylic acids is 2. The Balaban J connectivity index is 1.63. The molecule has 2 saturated heterocycles. The molecule has 0 spiro atoms. The molecule has 0 radical (unpaired) electrons. The van der Waals surface area contributed by atoms with Gasteiger partial charge in [0.15, 0.2) is 17.5 Å². The van der Waals surface area contributed by atoms with Crippen molar-refractivity contribution in [2.75, 3.05) is 40.4 Å². The quantitative estimate of drug-likeness (QED) is 0.299. The molecule has 0 bridgehead atoms. The maximum atomic E-state index is 13.8. The van der Waals surface area contributed by atoms with Crippen molar-refractivity contribution in [2.24, 2.45) is 0 Å². The molecule has 4 rings (SSSR count). The largest absolute Gasteiger partial charge is 0.453 e. The molecular formula is C26H34F3N5O8S. The van der Waals surface area contributed by atoms with E-state index in [0.717, 1.165) is 16.4 Å². The number of hydrogen-bond donors (Lipinski definition) is 4. The van der Waals surface area contributed by atoms with Crippen LogP contribution in [0.5, 0.6) is 0 Å². The molecule has 0 aliphatic carbocycles. The molecule has 2 aromatic rings. The molecule has 43 heavy (non-hydrogen) atoms. The molecule has 2 fully saturated rings. The molecule has 6 atom stereocenters. The smallest absolute Gasteiger partial charge is 0.409 e. The maximum absolute atomic E-state index is 13.8. The number of carbonyl (C=O) groups is 2. The van der Waals surface area contributed by atoms with Crippen molar-refractivity contribution < 1.29 is 52.7 Å². The lowest BCUT2D eigenvalue weighted by Crippen LogP contribution is -2.59. The number of benzene rings is 1. The Morgan fingerprint density at radius 3 is 2.40 bits per heavy atom. The van der Waals surface area contributed by atoms with Crippen LogP contribution in [0.15, 0.2) is 18.3 Å². The van der Waals surface area contributed by atoms with Gasteiger partial charge in [0.2, 0.25) is 5.91 Å². The number of aliphatic hydroxyl groups excluding tert-OH is 3. The van der Waals surface area contributed by atoms with Crippen LogP contribution < -0.4 is 0 Å². The van der Waals surface area contributed by atoms with Gasteiger partial charge in [-0.05, 0) is 31.9 Å². The van der Waals surface area contributed by atoms with Gasteiger partial charge in [0.25, 0.3) is 0 Å². The fraction of sp³-hybridized carbons (Fsp3) is 0.615. The molecule has 2 aliphatic heterocycles. The first-order chi connectivity index (χ1) is 20.3. The van der Waals surface area contributed by atoms with Gasteiger partial charge in [-0.15, -0.1) is 16.9 Å². The number of piperidine rings is 1. The second-order valence-corrected chi connectivity index (χ2v) is 11.7. The van der Waals surface area contributed by atoms with Crippen molar-refractivity contribution in [3.05, 3.63) is 35.8 Å². The second-order valence-electron chi connectivity index (χ2n) is 10.5. The monoisotopic (exact) mass is 633 g/mol. The molecule has 17 heteroatoms. The van der Waals surface area contributed by atoms with Gasteiger partial charge in [-0.2, -0.15) is 0 Å². The molecule has 3 heterocycles. The second kappa shape index (κ2) is 13.4. The van der Waals surface area contributed by atoms with Crippen molar-refractivity contribution in [1.29, 1.82) is 0 Å². The Morgan fingerprint density at radius 2 is 1.84 bits per heavy atom. The van der Waals surface area contributed by atoms with Crippen LogP contribution >= 0.6 is 11.8 Å². The zero-order valence-electron chi connectivity index (χ0n) is 23.6. The van der Waals surface area contributed by atoms with Crippen LogP contribution in [0.25, 0.3) is 11.3 Å². The van der Waals surface area contributed by atoms with E-state index >= 15 is 0 Å². The maximum Gasteiger partial charge on any atom is 0.409 e. The summed E-state index contributed by atoms with van der Waals surface area (Å²) in [4.78, 5) is 28.3. The van der Waals surface area contributed by atoms with Gasteiger partial charge in [0, 0.05) is 32.2 Å². The Bertz CT molecular complexity index is 1290. The summed E-state index contributed by atoms with van der Waals surface area (Å²) in [5, 5.41) is 50.5. The van der Waals surface area contributed by atoms with Crippen LogP contribution in [0.3, 0.4) is 0 Å². The van der Waals surface area contributed by atoms with Gasteiger partial charge in [0.1, 0.15) is 40.7 Å². The number of rotatable bonds is 8. The fourth-order valence-electron chi connectivity index (χ4n) is 5.12. The van der Waals surface area contributed by atoms with E-state index in [1.807, 2.05) is 0 Å². The summed E-state index contributed by atoms with van der Waals surface area (Å²) in [7, 11) is 2.78. The Hall–Kier alpha value is -2.96. The third-order valence-electron chi connectivity index (χ3n) is 7.84. The molecule has 2 aliphatic rings. The number of nitrogens with zero attached hydrogens (tertiary/aromatic N) is 5. The lowest BCUT2D eigenvalue weighted by Gasteiger charge is -2.46. The fourth-order valence-corrected chi connectivity index (χ4v) is 6.71. The van der Waals surface area contributed by atoms with E-state index in [1.165, 1.54) is 23.1 Å². The number of aromatic nitrogens is 3. The zero-order valence-corrected chi connectivity index (χ0v) is 24.5. The summed E-state index contributed by atoms with van der Waals surface area (Å²) in [6.07, 6.45) is -3.79. The van der Waals surface area contributed by atoms with E-state index in [9.17, 15) is 43.2 Å². The van der Waals surface area contributed by atoms with E-state index in [2.05, 4.69) is 10.3 Å². The summed E-state index contributed by atoms with van der Waals surface area (Å²) in [5.74, 6) is -5.03. The van der Waals surface area contributed by atoms with Crippen LogP contribution in [-0.4, -0.2) is 132 Å². The molecule has 1 aromatic carbocycles. The van der Waals surface area contributed by atoms with Crippen molar-refractivity contribution in [1.82, 2.24) is 24.8 Å². The Labute approximate surface area is 249 Å². The molecular weight excluding hydrogens is 599 g/mol. The van der Waals surface area contributed by atoms with Crippen LogP contribution in [0.2, 0.25) is 0 Å². The minimum absolute atomic E-state index is 0.0125. The highest BCUT2D eigenvalue weighted by molar-refractivity contribution is 8.01. The van der Waals surface area contributed by atoms with Gasteiger partial charge in [-0.25, -0.2) is 22.6 Å². The average Bonchev–Trinajstić information content (AvgIpc) is 3.48. The van der Waals surface area contributed by atoms with Crippen LogP contribution in [0, 0.1) is 17.5 Å². The van der Waals surface area contributed by atoms with Crippen LogP contribution in [-0.2, 0) is 14.3 Å². The number of hydrogen-bond acceptors (Lipinski definition) is 11. The number of likely N-dealkylation sites (tertiary alicyclic amines) is 1. The third kappa shape index (κ3) is 6.61. The van der Waals surface area contributed by atoms with Crippen molar-refractivity contribution in [2.45, 2.75) is 60.4 Å². The Morgan fingerprint density at radius 1 is 1.21 bits per heavy atom. The molecule has 13 nitrogen and oxygen atoms in total. The minimum Gasteiger partial charge on any atom is -0.453 e. The average molecular weight is 634 g/mol. The number of thioether (sulfide) groups is 1. The number of halogens is 3. The molecule has 1 unspecified atom stereocenters. The number of methoxy groups -OCH3 is 1. The summed E-state index contributed by atoms with van der Waals surface area (Å²) < 4.78 is 52.7. The number of aliphatic hydroxyl groups is 4. The van der Waals surface area contributed by atoms with E-state index in [-0.39, 0.29) is 37.2 Å². The van der Waals surface area contributed by atoms with Crippen LogP contribution in [0.1, 0.15) is 25.8 Å². The van der Waals surface area contributed by atoms with Gasteiger partial charge < -0.3 is 39.7 Å². The van der Waals surface area contributed by atoms with E-state index in [1.54, 1.807) is 14.0 Å². The predicted molar refractivity (Wildman–Crippen MR) is 145 cm³/mol. The number of ether oxygens (including phenoxy) is 2. The minimum atomic E-state index is -1.66. The van der Waals surface area contributed by atoms with Gasteiger partial charge in [0.05, 0.1) is 25.5 Å². The van der Waals surface area contributed by atoms with Gasteiger partial charge in [-0.1, -0.05) is 5.21 Å². The first kappa shape index (κ1) is 32.9. The summed E-state index contributed by atoms with van der Waals surface area (Å²) in [6.45, 7) is 1.56. The molecule has 4 N–H and O–H groups in total.